The number of Topliss-reactive ketones (excluding diaryl/α,β-unsaturated/α-hetero) is 1. The number of aryl methyl sites for hydroxylation is 1. The molecule has 0 bridgehead atoms. The number of ketones is 1. The van der Waals surface area contributed by atoms with Crippen molar-refractivity contribution < 1.29 is 14.3 Å². The number of hydrogen-bond acceptors (Lipinski definition) is 3. The third-order valence-corrected chi connectivity index (χ3v) is 3.79. The molecule has 0 aromatic heterocycles. The summed E-state index contributed by atoms with van der Waals surface area (Å²) < 4.78 is 5.85. The summed E-state index contributed by atoms with van der Waals surface area (Å²) in [6, 6.07) is 15.6. The SMILES string of the molecule is CCCCc1ccc(COc2ccccc2C#CC(=O)CC(N)=O)cc1. The normalized spacial score (nSPS) is 9.88. The molecular weight excluding hydrogens is 326 g/mol. The van der Waals surface area contributed by atoms with E-state index in [-0.39, 0.29) is 6.42 Å². The van der Waals surface area contributed by atoms with Gasteiger partial charge >= 0.3 is 0 Å². The zero-order chi connectivity index (χ0) is 18.8. The maximum Gasteiger partial charge on any atom is 0.225 e. The number of amides is 1. The fourth-order valence-electron chi connectivity index (χ4n) is 2.38. The molecule has 0 saturated heterocycles. The predicted octanol–water partition coefficient (Wildman–Crippen LogP) is 3.40. The minimum absolute atomic E-state index is 0.375. The third-order valence-electron chi connectivity index (χ3n) is 3.79. The van der Waals surface area contributed by atoms with Gasteiger partial charge < -0.3 is 10.5 Å². The molecule has 4 heteroatoms. The zero-order valence-electron chi connectivity index (χ0n) is 15.0. The lowest BCUT2D eigenvalue weighted by atomic mass is 10.1. The van der Waals surface area contributed by atoms with Gasteiger partial charge in [-0.15, -0.1) is 0 Å². The summed E-state index contributed by atoms with van der Waals surface area (Å²) in [5.74, 6) is 4.59. The molecule has 1 amide bonds. The molecule has 2 aromatic rings. The van der Waals surface area contributed by atoms with Gasteiger partial charge in [0.25, 0.3) is 0 Å². The lowest BCUT2D eigenvalue weighted by Gasteiger charge is -2.09. The number of unbranched alkanes of at least 4 members (excludes halogenated alkanes) is 1. The first-order chi connectivity index (χ1) is 12.6. The van der Waals surface area contributed by atoms with E-state index >= 15 is 0 Å². The number of rotatable bonds is 8. The molecule has 4 nitrogen and oxygen atoms in total. The van der Waals surface area contributed by atoms with Gasteiger partial charge in [0, 0.05) is 0 Å². The molecular formula is C22H23NO3. The molecule has 26 heavy (non-hydrogen) atoms. The fourth-order valence-corrected chi connectivity index (χ4v) is 2.38. The Hall–Kier alpha value is -3.06. The summed E-state index contributed by atoms with van der Waals surface area (Å²) in [6.45, 7) is 2.60. The van der Waals surface area contributed by atoms with Crippen molar-refractivity contribution in [2.24, 2.45) is 5.73 Å². The molecule has 2 N–H and O–H groups in total. The summed E-state index contributed by atoms with van der Waals surface area (Å²) in [4.78, 5) is 22.2. The van der Waals surface area contributed by atoms with Crippen molar-refractivity contribution in [2.45, 2.75) is 39.2 Å². The van der Waals surface area contributed by atoms with Gasteiger partial charge in [0.2, 0.25) is 11.7 Å². The largest absolute Gasteiger partial charge is 0.488 e. The topological polar surface area (TPSA) is 69.4 Å². The van der Waals surface area contributed by atoms with Gasteiger partial charge in [-0.3, -0.25) is 9.59 Å². The van der Waals surface area contributed by atoms with Gasteiger partial charge in [0.1, 0.15) is 12.4 Å². The van der Waals surface area contributed by atoms with Gasteiger partial charge in [-0.25, -0.2) is 0 Å². The van der Waals surface area contributed by atoms with E-state index in [4.69, 9.17) is 10.5 Å². The van der Waals surface area contributed by atoms with E-state index in [0.29, 0.717) is 17.9 Å². The van der Waals surface area contributed by atoms with Crippen LogP contribution in [0.25, 0.3) is 0 Å². The van der Waals surface area contributed by atoms with Crippen LogP contribution in [0.15, 0.2) is 48.5 Å². The van der Waals surface area contributed by atoms with E-state index in [0.717, 1.165) is 12.0 Å². The average Bonchev–Trinajstić information content (AvgIpc) is 2.64. The molecule has 2 aromatic carbocycles. The summed E-state index contributed by atoms with van der Waals surface area (Å²) in [7, 11) is 0. The van der Waals surface area contributed by atoms with Crippen LogP contribution in [0, 0.1) is 11.8 Å². The maximum absolute atomic E-state index is 11.5. The molecule has 2 rings (SSSR count). The minimum Gasteiger partial charge on any atom is -0.488 e. The number of nitrogens with two attached hydrogens (primary N) is 1. The summed E-state index contributed by atoms with van der Waals surface area (Å²) >= 11 is 0. The van der Waals surface area contributed by atoms with E-state index in [1.165, 1.54) is 18.4 Å². The highest BCUT2D eigenvalue weighted by molar-refractivity contribution is 6.07. The van der Waals surface area contributed by atoms with Crippen LogP contribution in [0.1, 0.15) is 42.9 Å². The van der Waals surface area contributed by atoms with Crippen molar-refractivity contribution in [1.29, 1.82) is 0 Å². The van der Waals surface area contributed by atoms with Crippen LogP contribution in [0.4, 0.5) is 0 Å². The minimum atomic E-state index is -0.684. The number of carbonyl (C=O) groups is 2. The molecule has 0 saturated carbocycles. The Morgan fingerprint density at radius 1 is 1.04 bits per heavy atom. The van der Waals surface area contributed by atoms with Gasteiger partial charge in [-0.1, -0.05) is 55.7 Å². The van der Waals surface area contributed by atoms with Crippen LogP contribution in [0.5, 0.6) is 5.75 Å². The second-order valence-electron chi connectivity index (χ2n) is 6.02. The second kappa shape index (κ2) is 10.0. The lowest BCUT2D eigenvalue weighted by Crippen LogP contribution is -2.14. The molecule has 0 atom stereocenters. The van der Waals surface area contributed by atoms with E-state index in [9.17, 15) is 9.59 Å². The first-order valence-corrected chi connectivity index (χ1v) is 8.71. The highest BCUT2D eigenvalue weighted by Gasteiger charge is 2.04. The number of para-hydroxylation sites is 1. The zero-order valence-corrected chi connectivity index (χ0v) is 15.0. The molecule has 0 aliphatic rings. The summed E-state index contributed by atoms with van der Waals surface area (Å²) in [5, 5.41) is 0. The molecule has 0 radical (unpaired) electrons. The van der Waals surface area contributed by atoms with E-state index in [2.05, 4.69) is 43.0 Å². The van der Waals surface area contributed by atoms with Gasteiger partial charge in [0.15, 0.2) is 0 Å². The Kier molecular flexibility index (Phi) is 7.45. The quantitative estimate of drug-likeness (QED) is 0.586. The highest BCUT2D eigenvalue weighted by Crippen LogP contribution is 2.18. The molecule has 0 fully saturated rings. The number of benzene rings is 2. The van der Waals surface area contributed by atoms with Crippen molar-refractivity contribution in [2.75, 3.05) is 0 Å². The Labute approximate surface area is 154 Å². The second-order valence-corrected chi connectivity index (χ2v) is 6.02. The van der Waals surface area contributed by atoms with Crippen LogP contribution >= 0.6 is 0 Å². The van der Waals surface area contributed by atoms with Crippen LogP contribution in [-0.4, -0.2) is 11.7 Å². The Morgan fingerprint density at radius 3 is 2.42 bits per heavy atom. The molecule has 0 heterocycles. The highest BCUT2D eigenvalue weighted by atomic mass is 16.5. The first kappa shape index (κ1) is 19.3. The van der Waals surface area contributed by atoms with Crippen molar-refractivity contribution >= 4 is 11.7 Å². The third kappa shape index (κ3) is 6.45. The number of ether oxygens (including phenoxy) is 1. The first-order valence-electron chi connectivity index (χ1n) is 8.71. The van der Waals surface area contributed by atoms with Crippen molar-refractivity contribution in [1.82, 2.24) is 0 Å². The number of hydrogen-bond donors (Lipinski definition) is 1. The van der Waals surface area contributed by atoms with Crippen LogP contribution in [0.3, 0.4) is 0 Å². The summed E-state index contributed by atoms with van der Waals surface area (Å²) in [5.41, 5.74) is 7.99. The van der Waals surface area contributed by atoms with Crippen LogP contribution in [0.2, 0.25) is 0 Å². The van der Waals surface area contributed by atoms with Gasteiger partial charge in [-0.05, 0) is 42.0 Å². The van der Waals surface area contributed by atoms with Crippen molar-refractivity contribution in [3.63, 3.8) is 0 Å². The molecule has 0 spiro atoms. The maximum atomic E-state index is 11.5. The lowest BCUT2D eigenvalue weighted by molar-refractivity contribution is -0.123. The Balaban J connectivity index is 2.01. The monoisotopic (exact) mass is 349 g/mol. The molecule has 0 aliphatic carbocycles. The number of carbonyl (C=O) groups excluding carboxylic acids is 2. The predicted molar refractivity (Wildman–Crippen MR) is 102 cm³/mol. The Morgan fingerprint density at radius 2 is 1.73 bits per heavy atom. The molecule has 0 unspecified atom stereocenters. The van der Waals surface area contributed by atoms with Crippen molar-refractivity contribution in [3.05, 3.63) is 65.2 Å². The van der Waals surface area contributed by atoms with E-state index in [1.54, 1.807) is 12.1 Å². The van der Waals surface area contributed by atoms with Crippen LogP contribution in [-0.2, 0) is 22.6 Å². The van der Waals surface area contributed by atoms with E-state index < -0.39 is 11.7 Å². The standard InChI is InChI=1S/C22H23NO3/c1-2-3-6-17-9-11-18(12-10-17)16-26-21-8-5-4-7-19(21)13-14-20(24)15-22(23)25/h4-5,7-12H,2-3,6,15-16H2,1H3,(H2,23,25). The molecule has 0 aliphatic heterocycles. The number of primary amides is 1. The van der Waals surface area contributed by atoms with Crippen LogP contribution < -0.4 is 10.5 Å². The van der Waals surface area contributed by atoms with E-state index in [1.807, 2.05) is 12.1 Å². The van der Waals surface area contributed by atoms with Crippen molar-refractivity contribution in [3.8, 4) is 17.6 Å². The molecule has 134 valence electrons. The van der Waals surface area contributed by atoms with Gasteiger partial charge in [0.05, 0.1) is 12.0 Å². The fraction of sp³-hybridized carbons (Fsp3) is 0.273. The summed E-state index contributed by atoms with van der Waals surface area (Å²) in [6.07, 6.45) is 3.09. The Bertz CT molecular complexity index is 813. The average molecular weight is 349 g/mol. The smallest absolute Gasteiger partial charge is 0.225 e. The van der Waals surface area contributed by atoms with Gasteiger partial charge in [-0.2, -0.15) is 0 Å².